The normalized spacial score (nSPS) is 11.3. The number of nitrogens with one attached hydrogen (secondary N) is 1. The first-order valence-corrected chi connectivity index (χ1v) is 9.52. The second kappa shape index (κ2) is 8.83. The van der Waals surface area contributed by atoms with Crippen molar-refractivity contribution in [2.45, 2.75) is 13.3 Å². The first-order valence-electron chi connectivity index (χ1n) is 8.72. The molecule has 7 nitrogen and oxygen atoms in total. The summed E-state index contributed by atoms with van der Waals surface area (Å²) in [4.78, 5) is 23.0. The Morgan fingerprint density at radius 1 is 1.17 bits per heavy atom. The van der Waals surface area contributed by atoms with Crippen LogP contribution in [0.3, 0.4) is 0 Å². The van der Waals surface area contributed by atoms with Gasteiger partial charge in [-0.25, -0.2) is 5.43 Å². The Kier molecular flexibility index (Phi) is 6.23. The summed E-state index contributed by atoms with van der Waals surface area (Å²) in [5.41, 5.74) is 4.21. The van der Waals surface area contributed by atoms with Gasteiger partial charge in [0.15, 0.2) is 5.75 Å². The number of hydrogen-bond donors (Lipinski definition) is 1. The topological polar surface area (TPSA) is 93.8 Å². The maximum Gasteiger partial charge on any atom is 0.311 e. The van der Waals surface area contributed by atoms with Crippen LogP contribution in [0.1, 0.15) is 18.1 Å². The van der Waals surface area contributed by atoms with Gasteiger partial charge in [-0.05, 0) is 41.5 Å². The third-order valence-corrected chi connectivity index (χ3v) is 5.15. The molecule has 0 aromatic heterocycles. The molecule has 3 aromatic carbocycles. The molecule has 0 unspecified atom stereocenters. The highest BCUT2D eigenvalue weighted by molar-refractivity contribution is 9.10. The summed E-state index contributed by atoms with van der Waals surface area (Å²) in [6.07, 6.45) is 0.160. The fourth-order valence-electron chi connectivity index (χ4n) is 2.96. The lowest BCUT2D eigenvalue weighted by molar-refractivity contribution is -0.385. The minimum Gasteiger partial charge on any atom is -0.490 e. The van der Waals surface area contributed by atoms with E-state index in [4.69, 9.17) is 4.74 Å². The highest BCUT2D eigenvalue weighted by atomic mass is 79.9. The van der Waals surface area contributed by atoms with E-state index in [2.05, 4.69) is 26.5 Å². The molecule has 0 bridgehead atoms. The number of rotatable bonds is 6. The Morgan fingerprint density at radius 3 is 2.59 bits per heavy atom. The Bertz CT molecular complexity index is 1130. The van der Waals surface area contributed by atoms with Gasteiger partial charge in [0.05, 0.1) is 24.2 Å². The van der Waals surface area contributed by atoms with Crippen molar-refractivity contribution < 1.29 is 14.5 Å². The standard InChI is InChI=1S/C21H18BrN3O4/c1-13(14-8-10-20(29-2)19(11-14)25(27)28)23-24-21(26)12-15-7-9-18(22)17-6-4-3-5-16(15)17/h3-11H,12H2,1-2H3,(H,24,26)/b23-13-. The van der Waals surface area contributed by atoms with Crippen molar-refractivity contribution in [1.82, 2.24) is 5.43 Å². The molecule has 0 fully saturated rings. The number of fused-ring (bicyclic) bond motifs is 1. The van der Waals surface area contributed by atoms with E-state index in [1.54, 1.807) is 13.0 Å². The number of nitro groups is 1. The van der Waals surface area contributed by atoms with Crippen LogP contribution in [0.15, 0.2) is 64.2 Å². The Hall–Kier alpha value is -3.26. The predicted octanol–water partition coefficient (Wildman–Crippen LogP) is 4.60. The molecule has 0 aliphatic rings. The minimum atomic E-state index is -0.521. The van der Waals surface area contributed by atoms with E-state index in [0.29, 0.717) is 11.3 Å². The molecule has 0 radical (unpaired) electrons. The minimum absolute atomic E-state index is 0.160. The van der Waals surface area contributed by atoms with Crippen LogP contribution in [0.25, 0.3) is 10.8 Å². The SMILES string of the molecule is COc1ccc(/C(C)=N\NC(=O)Cc2ccc(Br)c3ccccc23)cc1[N+](=O)[O-]. The molecule has 0 saturated heterocycles. The molecule has 29 heavy (non-hydrogen) atoms. The van der Waals surface area contributed by atoms with E-state index in [9.17, 15) is 14.9 Å². The van der Waals surface area contributed by atoms with Crippen LogP contribution in [-0.4, -0.2) is 23.7 Å². The van der Waals surface area contributed by atoms with Gasteiger partial charge in [-0.15, -0.1) is 0 Å². The quantitative estimate of drug-likeness (QED) is 0.333. The predicted molar refractivity (Wildman–Crippen MR) is 115 cm³/mol. The number of carbonyl (C=O) groups excluding carboxylic acids is 1. The maximum absolute atomic E-state index is 12.4. The summed E-state index contributed by atoms with van der Waals surface area (Å²) in [7, 11) is 1.37. The van der Waals surface area contributed by atoms with Gasteiger partial charge < -0.3 is 4.74 Å². The monoisotopic (exact) mass is 455 g/mol. The zero-order chi connectivity index (χ0) is 21.0. The fourth-order valence-corrected chi connectivity index (χ4v) is 3.44. The van der Waals surface area contributed by atoms with Crippen molar-refractivity contribution >= 4 is 44.0 Å². The van der Waals surface area contributed by atoms with E-state index in [1.807, 2.05) is 36.4 Å². The summed E-state index contributed by atoms with van der Waals surface area (Å²) >= 11 is 3.52. The number of halogens is 1. The first-order chi connectivity index (χ1) is 13.9. The molecule has 0 aliphatic heterocycles. The van der Waals surface area contributed by atoms with Crippen LogP contribution in [0.5, 0.6) is 5.75 Å². The second-order valence-corrected chi connectivity index (χ2v) is 7.16. The summed E-state index contributed by atoms with van der Waals surface area (Å²) in [5, 5.41) is 17.3. The lowest BCUT2D eigenvalue weighted by atomic mass is 10.0. The highest BCUT2D eigenvalue weighted by Gasteiger charge is 2.16. The van der Waals surface area contributed by atoms with Gasteiger partial charge in [-0.3, -0.25) is 14.9 Å². The van der Waals surface area contributed by atoms with Crippen molar-refractivity contribution in [2.75, 3.05) is 7.11 Å². The Balaban J connectivity index is 1.77. The van der Waals surface area contributed by atoms with Gasteiger partial charge in [-0.2, -0.15) is 5.10 Å². The Morgan fingerprint density at radius 2 is 1.90 bits per heavy atom. The molecular weight excluding hydrogens is 438 g/mol. The molecule has 0 aliphatic carbocycles. The third kappa shape index (κ3) is 4.60. The summed E-state index contributed by atoms with van der Waals surface area (Å²) in [6, 6.07) is 16.2. The van der Waals surface area contributed by atoms with E-state index < -0.39 is 4.92 Å². The van der Waals surface area contributed by atoms with Gasteiger partial charge >= 0.3 is 5.69 Å². The van der Waals surface area contributed by atoms with Gasteiger partial charge in [0.1, 0.15) is 0 Å². The number of hydrazone groups is 1. The molecule has 1 N–H and O–H groups in total. The van der Waals surface area contributed by atoms with Crippen molar-refractivity contribution in [3.63, 3.8) is 0 Å². The molecule has 0 spiro atoms. The number of carbonyl (C=O) groups is 1. The number of amides is 1. The number of nitro benzene ring substituents is 1. The van der Waals surface area contributed by atoms with Crippen LogP contribution in [0, 0.1) is 10.1 Å². The number of hydrogen-bond acceptors (Lipinski definition) is 5. The average molecular weight is 456 g/mol. The van der Waals surface area contributed by atoms with E-state index in [0.717, 1.165) is 20.8 Å². The Labute approximate surface area is 175 Å². The van der Waals surface area contributed by atoms with Gasteiger partial charge in [-0.1, -0.05) is 46.3 Å². The van der Waals surface area contributed by atoms with Crippen LogP contribution < -0.4 is 10.2 Å². The first kappa shape index (κ1) is 20.5. The number of ether oxygens (including phenoxy) is 1. The number of methoxy groups -OCH3 is 1. The lowest BCUT2D eigenvalue weighted by Gasteiger charge is -2.08. The van der Waals surface area contributed by atoms with Crippen LogP contribution in [0.2, 0.25) is 0 Å². The molecule has 3 rings (SSSR count). The van der Waals surface area contributed by atoms with Crippen molar-refractivity contribution in [3.05, 3.63) is 80.3 Å². The largest absolute Gasteiger partial charge is 0.490 e. The van der Waals surface area contributed by atoms with Gasteiger partial charge in [0.2, 0.25) is 5.91 Å². The van der Waals surface area contributed by atoms with Crippen molar-refractivity contribution in [3.8, 4) is 5.75 Å². The molecule has 148 valence electrons. The van der Waals surface area contributed by atoms with E-state index >= 15 is 0 Å². The maximum atomic E-state index is 12.4. The summed E-state index contributed by atoms with van der Waals surface area (Å²) < 4.78 is 5.96. The number of nitrogens with zero attached hydrogens (tertiary/aromatic N) is 2. The smallest absolute Gasteiger partial charge is 0.311 e. The zero-order valence-corrected chi connectivity index (χ0v) is 17.4. The summed E-state index contributed by atoms with van der Waals surface area (Å²) in [5.74, 6) is -0.113. The molecule has 1 amide bonds. The number of benzene rings is 3. The molecule has 0 atom stereocenters. The van der Waals surface area contributed by atoms with Crippen LogP contribution in [0.4, 0.5) is 5.69 Å². The van der Waals surface area contributed by atoms with Crippen molar-refractivity contribution in [1.29, 1.82) is 0 Å². The van der Waals surface area contributed by atoms with E-state index in [1.165, 1.54) is 19.2 Å². The van der Waals surface area contributed by atoms with Crippen LogP contribution >= 0.6 is 15.9 Å². The third-order valence-electron chi connectivity index (χ3n) is 4.45. The van der Waals surface area contributed by atoms with Crippen molar-refractivity contribution in [2.24, 2.45) is 5.10 Å². The lowest BCUT2D eigenvalue weighted by Crippen LogP contribution is -2.21. The zero-order valence-electron chi connectivity index (χ0n) is 15.8. The molecular formula is C21H18BrN3O4. The molecule has 0 saturated carbocycles. The van der Waals surface area contributed by atoms with E-state index in [-0.39, 0.29) is 23.8 Å². The van der Waals surface area contributed by atoms with Gasteiger partial charge in [0, 0.05) is 16.1 Å². The van der Waals surface area contributed by atoms with Crippen LogP contribution in [-0.2, 0) is 11.2 Å². The fraction of sp³-hybridized carbons (Fsp3) is 0.143. The summed E-state index contributed by atoms with van der Waals surface area (Å²) in [6.45, 7) is 1.67. The average Bonchev–Trinajstić information content (AvgIpc) is 2.73. The molecule has 8 heteroatoms. The molecule has 0 heterocycles. The highest BCUT2D eigenvalue weighted by Crippen LogP contribution is 2.28. The second-order valence-electron chi connectivity index (χ2n) is 6.30. The molecule has 3 aromatic rings. The van der Waals surface area contributed by atoms with Gasteiger partial charge in [0.25, 0.3) is 0 Å².